The Kier molecular flexibility index (Phi) is 17.5. The molecule has 28 heavy (non-hydrogen) atoms. The summed E-state index contributed by atoms with van der Waals surface area (Å²) in [5.74, 6) is -3.60. The molecule has 162 valence electrons. The monoisotopic (exact) mass is 411 g/mol. The van der Waals surface area contributed by atoms with E-state index in [1.165, 1.54) is 0 Å². The van der Waals surface area contributed by atoms with Crippen molar-refractivity contribution >= 4 is 6.29 Å². The van der Waals surface area contributed by atoms with Gasteiger partial charge in [0.25, 0.3) is 0 Å². The highest BCUT2D eigenvalue weighted by Gasteiger charge is 2.10. The lowest BCUT2D eigenvalue weighted by atomic mass is 10.3. The summed E-state index contributed by atoms with van der Waals surface area (Å²) in [4.78, 5) is 9.96. The molecule has 2 N–H and O–H groups in total. The number of aldehydes is 1. The molecular formula is C18H28F3NO6. The largest absolute Gasteiger partial charge is 0.491 e. The van der Waals surface area contributed by atoms with Crippen LogP contribution in [0.15, 0.2) is 12.1 Å². The quantitative estimate of drug-likeness (QED) is 0.347. The SMILES string of the molecule is COc1c(F)cc(F)cc1F.NCCOCCOCCOCCOCCC=O. The van der Waals surface area contributed by atoms with Crippen LogP contribution in [0.25, 0.3) is 0 Å². The van der Waals surface area contributed by atoms with E-state index in [1.807, 2.05) is 0 Å². The predicted molar refractivity (Wildman–Crippen MR) is 95.9 cm³/mol. The molecule has 0 aliphatic rings. The van der Waals surface area contributed by atoms with Crippen LogP contribution in [0.2, 0.25) is 0 Å². The number of carbonyl (C=O) groups excluding carboxylic acids is 1. The van der Waals surface area contributed by atoms with E-state index in [4.69, 9.17) is 24.7 Å². The maximum Gasteiger partial charge on any atom is 0.190 e. The van der Waals surface area contributed by atoms with Crippen LogP contribution >= 0.6 is 0 Å². The molecule has 0 spiro atoms. The Labute approximate surface area is 162 Å². The Hall–Kier alpha value is -1.72. The first-order valence-corrected chi connectivity index (χ1v) is 8.70. The molecule has 0 saturated carbocycles. The molecule has 1 aromatic rings. The van der Waals surface area contributed by atoms with Gasteiger partial charge < -0.3 is 34.2 Å². The molecule has 7 nitrogen and oxygen atoms in total. The first-order valence-electron chi connectivity index (χ1n) is 8.70. The van der Waals surface area contributed by atoms with E-state index in [-0.39, 0.29) is 0 Å². The summed E-state index contributed by atoms with van der Waals surface area (Å²) in [6, 6.07) is 1.11. The molecule has 0 saturated heterocycles. The minimum atomic E-state index is -1.04. The van der Waals surface area contributed by atoms with Crippen molar-refractivity contribution in [2.24, 2.45) is 5.73 Å². The van der Waals surface area contributed by atoms with Gasteiger partial charge in [-0.2, -0.15) is 0 Å². The third-order valence-electron chi connectivity index (χ3n) is 2.93. The topological polar surface area (TPSA) is 89.2 Å². The molecule has 0 radical (unpaired) electrons. The second kappa shape index (κ2) is 18.6. The average molecular weight is 411 g/mol. The number of nitrogens with two attached hydrogens (primary N) is 1. The van der Waals surface area contributed by atoms with E-state index in [1.54, 1.807) is 0 Å². The van der Waals surface area contributed by atoms with Crippen LogP contribution in [0.3, 0.4) is 0 Å². The van der Waals surface area contributed by atoms with Gasteiger partial charge >= 0.3 is 0 Å². The van der Waals surface area contributed by atoms with E-state index < -0.39 is 23.2 Å². The highest BCUT2D eigenvalue weighted by molar-refractivity contribution is 5.49. The minimum Gasteiger partial charge on any atom is -0.491 e. The number of halogens is 3. The summed E-state index contributed by atoms with van der Waals surface area (Å²) in [7, 11) is 1.11. The zero-order valence-electron chi connectivity index (χ0n) is 16.0. The van der Waals surface area contributed by atoms with Crippen LogP contribution in [-0.4, -0.2) is 72.8 Å². The summed E-state index contributed by atoms with van der Waals surface area (Å²) < 4.78 is 62.3. The fraction of sp³-hybridized carbons (Fsp3) is 0.611. The van der Waals surface area contributed by atoms with E-state index in [2.05, 4.69) is 4.74 Å². The average Bonchev–Trinajstić information content (AvgIpc) is 2.66. The predicted octanol–water partition coefficient (Wildman–Crippen LogP) is 1.71. The van der Waals surface area contributed by atoms with Crippen LogP contribution in [0.5, 0.6) is 5.75 Å². The van der Waals surface area contributed by atoms with Gasteiger partial charge in [0.2, 0.25) is 0 Å². The van der Waals surface area contributed by atoms with Gasteiger partial charge in [-0.1, -0.05) is 0 Å². The van der Waals surface area contributed by atoms with Crippen molar-refractivity contribution in [3.8, 4) is 5.75 Å². The first kappa shape index (κ1) is 26.3. The molecule has 0 aliphatic carbocycles. The maximum absolute atomic E-state index is 12.5. The zero-order chi connectivity index (χ0) is 21.0. The molecule has 10 heteroatoms. The Morgan fingerprint density at radius 2 is 1.25 bits per heavy atom. The number of ether oxygens (including phenoxy) is 5. The molecule has 0 amide bonds. The number of benzene rings is 1. The lowest BCUT2D eigenvalue weighted by molar-refractivity contribution is -0.108. The van der Waals surface area contributed by atoms with Gasteiger partial charge in [-0.05, 0) is 0 Å². The molecule has 0 aromatic heterocycles. The first-order chi connectivity index (χ1) is 13.6. The highest BCUT2D eigenvalue weighted by atomic mass is 19.1. The van der Waals surface area contributed by atoms with Crippen LogP contribution in [0, 0.1) is 17.5 Å². The lowest BCUT2D eigenvalue weighted by Crippen LogP contribution is -2.14. The van der Waals surface area contributed by atoms with Crippen LogP contribution in [-0.2, 0) is 23.7 Å². The fourth-order valence-corrected chi connectivity index (χ4v) is 1.70. The van der Waals surface area contributed by atoms with Crippen molar-refractivity contribution in [2.45, 2.75) is 6.42 Å². The molecule has 0 heterocycles. The number of methoxy groups -OCH3 is 1. The molecule has 0 bridgehead atoms. The van der Waals surface area contributed by atoms with E-state index in [0.29, 0.717) is 78.0 Å². The fourth-order valence-electron chi connectivity index (χ4n) is 1.70. The van der Waals surface area contributed by atoms with Gasteiger partial charge in [0.05, 0.1) is 60.0 Å². The van der Waals surface area contributed by atoms with Crippen molar-refractivity contribution in [1.29, 1.82) is 0 Å². The number of rotatable bonds is 15. The summed E-state index contributed by atoms with van der Waals surface area (Å²) >= 11 is 0. The summed E-state index contributed by atoms with van der Waals surface area (Å²) in [6.45, 7) is 4.78. The van der Waals surface area contributed by atoms with Gasteiger partial charge in [0.1, 0.15) is 12.1 Å². The smallest absolute Gasteiger partial charge is 0.190 e. The third-order valence-corrected chi connectivity index (χ3v) is 2.93. The molecule has 1 aromatic carbocycles. The van der Waals surface area contributed by atoms with Gasteiger partial charge in [-0.3, -0.25) is 0 Å². The van der Waals surface area contributed by atoms with Crippen molar-refractivity contribution in [1.82, 2.24) is 0 Å². The highest BCUT2D eigenvalue weighted by Crippen LogP contribution is 2.21. The maximum atomic E-state index is 12.5. The van der Waals surface area contributed by atoms with Crippen LogP contribution in [0.4, 0.5) is 13.2 Å². The molecule has 0 aliphatic heterocycles. The standard InChI is InChI=1S/C11H23NO5.C7H5F3O/c12-2-5-15-7-9-17-11-10-16-8-6-14-4-1-3-13;1-11-7-5(9)2-4(8)3-6(7)10/h3H,1-2,4-12H2;2-3H,1H3. The summed E-state index contributed by atoms with van der Waals surface area (Å²) in [5.41, 5.74) is 5.25. The van der Waals surface area contributed by atoms with Crippen molar-refractivity contribution < 1.29 is 41.7 Å². The van der Waals surface area contributed by atoms with Gasteiger partial charge in [-0.15, -0.1) is 0 Å². The van der Waals surface area contributed by atoms with E-state index in [9.17, 15) is 18.0 Å². The number of hydrogen-bond acceptors (Lipinski definition) is 7. The molecule has 0 atom stereocenters. The van der Waals surface area contributed by atoms with E-state index >= 15 is 0 Å². The van der Waals surface area contributed by atoms with Crippen molar-refractivity contribution in [2.75, 3.05) is 66.5 Å². The van der Waals surface area contributed by atoms with Crippen molar-refractivity contribution in [3.05, 3.63) is 29.6 Å². The minimum absolute atomic E-state index is 0.436. The molecule has 1 rings (SSSR count). The summed E-state index contributed by atoms with van der Waals surface area (Å²) in [5, 5.41) is 0. The van der Waals surface area contributed by atoms with Gasteiger partial charge in [0, 0.05) is 25.1 Å². The van der Waals surface area contributed by atoms with E-state index in [0.717, 1.165) is 13.4 Å². The lowest BCUT2D eigenvalue weighted by Gasteiger charge is -2.06. The van der Waals surface area contributed by atoms with Gasteiger partial charge in [0.15, 0.2) is 17.4 Å². The Balaban J connectivity index is 0.000000567. The van der Waals surface area contributed by atoms with Crippen molar-refractivity contribution in [3.63, 3.8) is 0 Å². The second-order valence-corrected chi connectivity index (χ2v) is 5.10. The summed E-state index contributed by atoms with van der Waals surface area (Å²) in [6.07, 6.45) is 1.27. The molecule has 0 fully saturated rings. The zero-order valence-corrected chi connectivity index (χ0v) is 16.0. The van der Waals surface area contributed by atoms with Crippen LogP contribution in [0.1, 0.15) is 6.42 Å². The Morgan fingerprint density at radius 1 is 0.821 bits per heavy atom. The third kappa shape index (κ3) is 14.4. The number of hydrogen-bond donors (Lipinski definition) is 1. The van der Waals surface area contributed by atoms with Gasteiger partial charge in [-0.25, -0.2) is 13.2 Å². The van der Waals surface area contributed by atoms with Crippen LogP contribution < -0.4 is 10.5 Å². The Morgan fingerprint density at radius 3 is 1.64 bits per heavy atom. The molecular weight excluding hydrogens is 383 g/mol. The second-order valence-electron chi connectivity index (χ2n) is 5.10. The Bertz CT molecular complexity index is 499. The molecule has 0 unspecified atom stereocenters. The normalized spacial score (nSPS) is 10.3. The number of carbonyl (C=O) groups is 1.